The Morgan fingerprint density at radius 2 is 1.86 bits per heavy atom. The van der Waals surface area contributed by atoms with Crippen molar-refractivity contribution in [1.29, 1.82) is 5.26 Å². The maximum Gasteiger partial charge on any atom is 0.269 e. The minimum absolute atomic E-state index is 0.112. The fourth-order valence-electron chi connectivity index (χ4n) is 2.14. The number of non-ortho nitro benzene ring substituents is 1. The zero-order valence-corrected chi connectivity index (χ0v) is 15.6. The molecule has 2 aromatic rings. The highest BCUT2D eigenvalue weighted by molar-refractivity contribution is 6.32. The Labute approximate surface area is 165 Å². The molecular weight excluding hydrogens is 388 g/mol. The third kappa shape index (κ3) is 4.90. The molecule has 28 heavy (non-hydrogen) atoms. The molecule has 9 nitrogen and oxygen atoms in total. The summed E-state index contributed by atoms with van der Waals surface area (Å²) in [6.07, 6.45) is 1.20. The van der Waals surface area contributed by atoms with E-state index < -0.39 is 10.8 Å². The summed E-state index contributed by atoms with van der Waals surface area (Å²) in [5.41, 5.74) is 0.399. The van der Waals surface area contributed by atoms with E-state index in [1.54, 1.807) is 12.1 Å². The van der Waals surface area contributed by atoms with Crippen LogP contribution in [0, 0.1) is 21.4 Å². The van der Waals surface area contributed by atoms with Gasteiger partial charge in [-0.2, -0.15) is 5.26 Å². The highest BCUT2D eigenvalue weighted by Crippen LogP contribution is 2.35. The number of nitrogens with one attached hydrogen (secondary N) is 2. The van der Waals surface area contributed by atoms with Gasteiger partial charge in [-0.3, -0.25) is 14.9 Å². The van der Waals surface area contributed by atoms with Crippen molar-refractivity contribution < 1.29 is 19.2 Å². The molecule has 10 heteroatoms. The summed E-state index contributed by atoms with van der Waals surface area (Å²) in [6.45, 7) is 0. The first-order chi connectivity index (χ1) is 13.4. The predicted octanol–water partition coefficient (Wildman–Crippen LogP) is 3.72. The molecule has 144 valence electrons. The first-order valence-corrected chi connectivity index (χ1v) is 8.11. The quantitative estimate of drug-likeness (QED) is 0.312. The second-order valence-corrected chi connectivity index (χ2v) is 5.67. The topological polar surface area (TPSA) is 127 Å². The maximum absolute atomic E-state index is 12.3. The van der Waals surface area contributed by atoms with Crippen LogP contribution in [0.15, 0.2) is 48.2 Å². The van der Waals surface area contributed by atoms with Gasteiger partial charge in [0.05, 0.1) is 29.9 Å². The first kappa shape index (κ1) is 20.5. The van der Waals surface area contributed by atoms with E-state index in [0.29, 0.717) is 27.9 Å². The third-order valence-corrected chi connectivity index (χ3v) is 3.84. The number of hydrogen-bond acceptors (Lipinski definition) is 7. The normalized spacial score (nSPS) is 10.6. The number of nitrogens with zero attached hydrogens (tertiary/aromatic N) is 2. The van der Waals surface area contributed by atoms with Crippen LogP contribution in [0.5, 0.6) is 11.5 Å². The smallest absolute Gasteiger partial charge is 0.269 e. The molecule has 1 amide bonds. The maximum atomic E-state index is 12.3. The Morgan fingerprint density at radius 3 is 2.39 bits per heavy atom. The molecular formula is C18H15ClN4O5. The summed E-state index contributed by atoms with van der Waals surface area (Å²) >= 11 is 6.03. The van der Waals surface area contributed by atoms with Crippen LogP contribution in [0.25, 0.3) is 0 Å². The fraction of sp³-hybridized carbons (Fsp3) is 0.111. The van der Waals surface area contributed by atoms with Crippen LogP contribution in [0.3, 0.4) is 0 Å². The van der Waals surface area contributed by atoms with E-state index in [4.69, 9.17) is 21.1 Å². The molecule has 2 N–H and O–H groups in total. The number of anilines is 2. The van der Waals surface area contributed by atoms with Crippen LogP contribution in [0.2, 0.25) is 5.02 Å². The summed E-state index contributed by atoms with van der Waals surface area (Å²) in [7, 11) is 2.89. The van der Waals surface area contributed by atoms with Crippen LogP contribution < -0.4 is 20.1 Å². The first-order valence-electron chi connectivity index (χ1n) is 7.73. The average molecular weight is 403 g/mol. The van der Waals surface area contributed by atoms with Gasteiger partial charge in [0.2, 0.25) is 0 Å². The molecule has 0 spiro atoms. The Bertz CT molecular complexity index is 967. The molecule has 0 heterocycles. The van der Waals surface area contributed by atoms with Crippen molar-refractivity contribution in [3.05, 3.63) is 63.3 Å². The largest absolute Gasteiger partial charge is 0.495 e. The minimum atomic E-state index is -0.691. The molecule has 0 aliphatic carbocycles. The number of nitriles is 1. The number of nitro groups is 1. The molecule has 0 saturated carbocycles. The lowest BCUT2D eigenvalue weighted by Crippen LogP contribution is -2.14. The van der Waals surface area contributed by atoms with E-state index in [9.17, 15) is 20.2 Å². The van der Waals surface area contributed by atoms with E-state index in [0.717, 1.165) is 0 Å². The van der Waals surface area contributed by atoms with E-state index in [2.05, 4.69) is 10.6 Å². The second-order valence-electron chi connectivity index (χ2n) is 5.26. The van der Waals surface area contributed by atoms with Gasteiger partial charge in [-0.1, -0.05) is 11.6 Å². The van der Waals surface area contributed by atoms with E-state index in [-0.39, 0.29) is 11.3 Å². The molecule has 0 radical (unpaired) electrons. The van der Waals surface area contributed by atoms with Crippen molar-refractivity contribution in [2.24, 2.45) is 0 Å². The highest BCUT2D eigenvalue weighted by Gasteiger charge is 2.13. The number of methoxy groups -OCH3 is 2. The second kappa shape index (κ2) is 9.25. The van der Waals surface area contributed by atoms with Crippen molar-refractivity contribution in [2.75, 3.05) is 24.9 Å². The van der Waals surface area contributed by atoms with Gasteiger partial charge in [-0.05, 0) is 12.1 Å². The van der Waals surface area contributed by atoms with Gasteiger partial charge >= 0.3 is 0 Å². The molecule has 0 aliphatic heterocycles. The van der Waals surface area contributed by atoms with Gasteiger partial charge in [-0.15, -0.1) is 0 Å². The zero-order chi connectivity index (χ0) is 20.7. The molecule has 2 rings (SSSR count). The van der Waals surface area contributed by atoms with Crippen LogP contribution in [-0.4, -0.2) is 25.1 Å². The highest BCUT2D eigenvalue weighted by atomic mass is 35.5. The molecule has 0 fully saturated rings. The van der Waals surface area contributed by atoms with Crippen molar-refractivity contribution in [3.63, 3.8) is 0 Å². The van der Waals surface area contributed by atoms with Crippen molar-refractivity contribution in [3.8, 4) is 17.6 Å². The SMILES string of the molecule is COc1cc(N/C=C(/C#N)C(=O)Nc2ccc([N+](=O)[O-])cc2)c(OC)cc1Cl. The van der Waals surface area contributed by atoms with Gasteiger partial charge in [0.15, 0.2) is 0 Å². The third-order valence-electron chi connectivity index (χ3n) is 3.55. The molecule has 0 atom stereocenters. The Balaban J connectivity index is 2.18. The number of carbonyl (C=O) groups is 1. The molecule has 2 aromatic carbocycles. The number of rotatable bonds is 7. The van der Waals surface area contributed by atoms with Gasteiger partial charge < -0.3 is 20.1 Å². The number of halogens is 1. The van der Waals surface area contributed by atoms with Gasteiger partial charge in [0.1, 0.15) is 23.1 Å². The summed E-state index contributed by atoms with van der Waals surface area (Å²) in [5.74, 6) is 0.0751. The Morgan fingerprint density at radius 1 is 1.21 bits per heavy atom. The van der Waals surface area contributed by atoms with Gasteiger partial charge in [-0.25, -0.2) is 0 Å². The van der Waals surface area contributed by atoms with Crippen LogP contribution >= 0.6 is 11.6 Å². The number of amides is 1. The monoisotopic (exact) mass is 402 g/mol. The van der Waals surface area contributed by atoms with Crippen molar-refractivity contribution in [1.82, 2.24) is 0 Å². The number of benzene rings is 2. The number of nitro benzene ring substituents is 1. The van der Waals surface area contributed by atoms with E-state index in [1.807, 2.05) is 0 Å². The van der Waals surface area contributed by atoms with Crippen LogP contribution in [0.4, 0.5) is 17.1 Å². The average Bonchev–Trinajstić information content (AvgIpc) is 2.69. The van der Waals surface area contributed by atoms with E-state index in [1.165, 1.54) is 50.8 Å². The van der Waals surface area contributed by atoms with Crippen molar-refractivity contribution >= 4 is 34.6 Å². The van der Waals surface area contributed by atoms with E-state index >= 15 is 0 Å². The molecule has 0 saturated heterocycles. The van der Waals surface area contributed by atoms with Gasteiger partial charge in [0, 0.05) is 36.2 Å². The molecule has 0 unspecified atom stereocenters. The number of carbonyl (C=O) groups excluding carboxylic acids is 1. The lowest BCUT2D eigenvalue weighted by Gasteiger charge is -2.12. The zero-order valence-electron chi connectivity index (χ0n) is 14.9. The molecule has 0 bridgehead atoms. The minimum Gasteiger partial charge on any atom is -0.495 e. The predicted molar refractivity (Wildman–Crippen MR) is 104 cm³/mol. The van der Waals surface area contributed by atoms with Crippen molar-refractivity contribution in [2.45, 2.75) is 0 Å². The van der Waals surface area contributed by atoms with Gasteiger partial charge in [0.25, 0.3) is 11.6 Å². The van der Waals surface area contributed by atoms with Crippen LogP contribution in [0.1, 0.15) is 0 Å². The molecule has 0 aliphatic rings. The molecule has 0 aromatic heterocycles. The number of ether oxygens (including phenoxy) is 2. The standard InChI is InChI=1S/C18H15ClN4O5/c1-27-16-8-15(17(28-2)7-14(16)19)21-10-11(9-20)18(24)22-12-3-5-13(6-4-12)23(25)26/h3-8,10,21H,1-2H3,(H,22,24)/b11-10-. The number of hydrogen-bond donors (Lipinski definition) is 2. The Hall–Kier alpha value is -3.77. The lowest BCUT2D eigenvalue weighted by molar-refractivity contribution is -0.384. The fourth-order valence-corrected chi connectivity index (χ4v) is 2.37. The summed E-state index contributed by atoms with van der Waals surface area (Å²) in [5, 5.41) is 25.5. The van der Waals surface area contributed by atoms with Crippen LogP contribution in [-0.2, 0) is 4.79 Å². The summed E-state index contributed by atoms with van der Waals surface area (Å²) in [4.78, 5) is 22.4. The summed E-state index contributed by atoms with van der Waals surface area (Å²) in [6, 6.07) is 10.1. The summed E-state index contributed by atoms with van der Waals surface area (Å²) < 4.78 is 10.3. The Kier molecular flexibility index (Phi) is 6.79. The lowest BCUT2D eigenvalue weighted by atomic mass is 10.2.